The molecule has 0 aromatic heterocycles. The molecule has 1 rings (SSSR count). The zero-order valence-electron chi connectivity index (χ0n) is 7.05. The highest BCUT2D eigenvalue weighted by Gasteiger charge is 2.30. The van der Waals surface area contributed by atoms with E-state index in [4.69, 9.17) is 10.5 Å². The second-order valence-corrected chi connectivity index (χ2v) is 3.53. The van der Waals surface area contributed by atoms with Crippen molar-refractivity contribution in [2.75, 3.05) is 13.7 Å². The highest BCUT2D eigenvalue weighted by molar-refractivity contribution is 4.89. The first-order valence-electron chi connectivity index (χ1n) is 4.12. The molecule has 1 fully saturated rings. The zero-order valence-corrected chi connectivity index (χ0v) is 7.05. The Labute approximate surface area is 67.5 Å². The van der Waals surface area contributed by atoms with Gasteiger partial charge in [-0.25, -0.2) is 0 Å². The molecule has 0 atom stereocenters. The third-order valence-electron chi connectivity index (χ3n) is 2.38. The van der Waals surface area contributed by atoms with Crippen molar-refractivity contribution in [1.29, 1.82) is 0 Å². The minimum Gasteiger partial charge on any atom is -0.393 e. The van der Waals surface area contributed by atoms with Gasteiger partial charge in [0.15, 0.2) is 0 Å². The predicted molar refractivity (Wildman–Crippen MR) is 43.3 cm³/mol. The highest BCUT2D eigenvalue weighted by atomic mass is 16.5. The van der Waals surface area contributed by atoms with Gasteiger partial charge in [-0.05, 0) is 25.7 Å². The van der Waals surface area contributed by atoms with Crippen LogP contribution < -0.4 is 5.73 Å². The van der Waals surface area contributed by atoms with E-state index in [1.165, 1.54) is 0 Å². The van der Waals surface area contributed by atoms with Crippen molar-refractivity contribution in [3.63, 3.8) is 0 Å². The minimum atomic E-state index is -0.173. The van der Waals surface area contributed by atoms with Gasteiger partial charge < -0.3 is 15.6 Å². The summed E-state index contributed by atoms with van der Waals surface area (Å²) < 4.78 is 5.01. The van der Waals surface area contributed by atoms with Gasteiger partial charge in [-0.2, -0.15) is 0 Å². The van der Waals surface area contributed by atoms with Crippen molar-refractivity contribution in [2.45, 2.75) is 37.3 Å². The van der Waals surface area contributed by atoms with E-state index >= 15 is 0 Å². The molecule has 0 radical (unpaired) electrons. The van der Waals surface area contributed by atoms with Crippen LogP contribution in [0, 0.1) is 0 Å². The number of ether oxygens (including phenoxy) is 1. The number of methoxy groups -OCH3 is 1. The molecule has 11 heavy (non-hydrogen) atoms. The van der Waals surface area contributed by atoms with Crippen LogP contribution in [-0.2, 0) is 4.74 Å². The van der Waals surface area contributed by atoms with Gasteiger partial charge in [0.05, 0.1) is 12.7 Å². The SMILES string of the molecule is COCC1(N)CCC(O)CC1. The van der Waals surface area contributed by atoms with E-state index in [-0.39, 0.29) is 11.6 Å². The molecule has 0 heterocycles. The molecule has 3 N–H and O–H groups in total. The van der Waals surface area contributed by atoms with Crippen molar-refractivity contribution in [1.82, 2.24) is 0 Å². The number of aliphatic hydroxyl groups is 1. The Balaban J connectivity index is 2.35. The lowest BCUT2D eigenvalue weighted by molar-refractivity contribution is 0.0547. The molecule has 66 valence electrons. The van der Waals surface area contributed by atoms with E-state index in [1.54, 1.807) is 7.11 Å². The maximum absolute atomic E-state index is 9.21. The van der Waals surface area contributed by atoms with E-state index in [0.717, 1.165) is 25.7 Å². The average molecular weight is 159 g/mol. The number of hydrogen-bond acceptors (Lipinski definition) is 3. The summed E-state index contributed by atoms with van der Waals surface area (Å²) in [7, 11) is 1.67. The predicted octanol–water partition coefficient (Wildman–Crippen LogP) is 0.265. The molecule has 0 bridgehead atoms. The lowest BCUT2D eigenvalue weighted by Crippen LogP contribution is -2.48. The second-order valence-electron chi connectivity index (χ2n) is 3.53. The molecule has 3 heteroatoms. The van der Waals surface area contributed by atoms with Gasteiger partial charge >= 0.3 is 0 Å². The van der Waals surface area contributed by atoms with Crippen LogP contribution >= 0.6 is 0 Å². The Morgan fingerprint density at radius 2 is 2.09 bits per heavy atom. The van der Waals surface area contributed by atoms with Crippen LogP contribution in [0.4, 0.5) is 0 Å². The van der Waals surface area contributed by atoms with Crippen molar-refractivity contribution in [3.8, 4) is 0 Å². The smallest absolute Gasteiger partial charge is 0.0642 e. The Morgan fingerprint density at radius 3 is 2.55 bits per heavy atom. The Bertz CT molecular complexity index is 119. The molecule has 0 unspecified atom stereocenters. The maximum Gasteiger partial charge on any atom is 0.0642 e. The van der Waals surface area contributed by atoms with Crippen LogP contribution in [0.1, 0.15) is 25.7 Å². The first kappa shape index (κ1) is 8.97. The Kier molecular flexibility index (Phi) is 2.87. The number of aliphatic hydroxyl groups excluding tert-OH is 1. The summed E-state index contributed by atoms with van der Waals surface area (Å²) in [6.45, 7) is 0.611. The molecule has 0 aliphatic heterocycles. The molecular formula is C8H17NO2. The molecular weight excluding hydrogens is 142 g/mol. The highest BCUT2D eigenvalue weighted by Crippen LogP contribution is 2.26. The number of hydrogen-bond donors (Lipinski definition) is 2. The Hall–Kier alpha value is -0.120. The van der Waals surface area contributed by atoms with Crippen LogP contribution in [0.2, 0.25) is 0 Å². The van der Waals surface area contributed by atoms with E-state index in [1.807, 2.05) is 0 Å². The topological polar surface area (TPSA) is 55.5 Å². The molecule has 0 saturated heterocycles. The van der Waals surface area contributed by atoms with Gasteiger partial charge in [0.25, 0.3) is 0 Å². The standard InChI is InChI=1S/C8H17NO2/c1-11-6-8(9)4-2-7(10)3-5-8/h7,10H,2-6,9H2,1H3. The van der Waals surface area contributed by atoms with Crippen LogP contribution in [0.3, 0.4) is 0 Å². The van der Waals surface area contributed by atoms with Gasteiger partial charge in [-0.3, -0.25) is 0 Å². The zero-order chi connectivity index (χ0) is 8.32. The molecule has 1 aliphatic carbocycles. The first-order chi connectivity index (χ1) is 5.16. The first-order valence-corrected chi connectivity index (χ1v) is 4.12. The quantitative estimate of drug-likeness (QED) is 0.608. The number of nitrogens with two attached hydrogens (primary N) is 1. The van der Waals surface area contributed by atoms with Gasteiger partial charge in [0.2, 0.25) is 0 Å². The maximum atomic E-state index is 9.21. The summed E-state index contributed by atoms with van der Waals surface area (Å²) in [4.78, 5) is 0. The summed E-state index contributed by atoms with van der Waals surface area (Å²) >= 11 is 0. The largest absolute Gasteiger partial charge is 0.393 e. The third kappa shape index (κ3) is 2.43. The second kappa shape index (κ2) is 3.52. The van der Waals surface area contributed by atoms with E-state index in [9.17, 15) is 5.11 Å². The van der Waals surface area contributed by atoms with Crippen molar-refractivity contribution < 1.29 is 9.84 Å². The van der Waals surface area contributed by atoms with Gasteiger partial charge in [-0.15, -0.1) is 0 Å². The molecule has 1 saturated carbocycles. The van der Waals surface area contributed by atoms with E-state index in [2.05, 4.69) is 0 Å². The van der Waals surface area contributed by atoms with Crippen LogP contribution in [-0.4, -0.2) is 30.5 Å². The monoisotopic (exact) mass is 159 g/mol. The van der Waals surface area contributed by atoms with Crippen molar-refractivity contribution >= 4 is 0 Å². The summed E-state index contributed by atoms with van der Waals surface area (Å²) in [5.41, 5.74) is 5.82. The average Bonchev–Trinajstić information content (AvgIpc) is 1.97. The molecule has 0 spiro atoms. The molecule has 3 nitrogen and oxygen atoms in total. The van der Waals surface area contributed by atoms with Gasteiger partial charge in [0.1, 0.15) is 0 Å². The van der Waals surface area contributed by atoms with Gasteiger partial charge in [-0.1, -0.05) is 0 Å². The molecule has 0 aromatic carbocycles. The van der Waals surface area contributed by atoms with E-state index in [0.29, 0.717) is 6.61 Å². The molecule has 1 aliphatic rings. The fraction of sp³-hybridized carbons (Fsp3) is 1.00. The normalized spacial score (nSPS) is 39.0. The summed E-state index contributed by atoms with van der Waals surface area (Å²) in [6.07, 6.45) is 3.26. The summed E-state index contributed by atoms with van der Waals surface area (Å²) in [5, 5.41) is 9.21. The summed E-state index contributed by atoms with van der Waals surface area (Å²) in [5.74, 6) is 0. The van der Waals surface area contributed by atoms with Crippen LogP contribution in [0.5, 0.6) is 0 Å². The number of rotatable bonds is 2. The lowest BCUT2D eigenvalue weighted by atomic mass is 9.82. The fourth-order valence-electron chi connectivity index (χ4n) is 1.61. The fourth-order valence-corrected chi connectivity index (χ4v) is 1.61. The molecule has 0 amide bonds. The van der Waals surface area contributed by atoms with E-state index < -0.39 is 0 Å². The summed E-state index contributed by atoms with van der Waals surface area (Å²) in [6, 6.07) is 0. The minimum absolute atomic E-state index is 0.136. The van der Waals surface area contributed by atoms with Crippen molar-refractivity contribution in [3.05, 3.63) is 0 Å². The third-order valence-corrected chi connectivity index (χ3v) is 2.38. The molecule has 0 aromatic rings. The van der Waals surface area contributed by atoms with Crippen molar-refractivity contribution in [2.24, 2.45) is 5.73 Å². The van der Waals surface area contributed by atoms with Gasteiger partial charge in [0, 0.05) is 12.6 Å². The Morgan fingerprint density at radius 1 is 1.55 bits per heavy atom. The lowest BCUT2D eigenvalue weighted by Gasteiger charge is -2.34. The van der Waals surface area contributed by atoms with Crippen LogP contribution in [0.15, 0.2) is 0 Å². The van der Waals surface area contributed by atoms with Crippen LogP contribution in [0.25, 0.3) is 0 Å².